The van der Waals surface area contributed by atoms with E-state index in [1.54, 1.807) is 42.6 Å². The summed E-state index contributed by atoms with van der Waals surface area (Å²) < 4.78 is 18.4. The number of carbonyl (C=O) groups excluding carboxylic acids is 2. The minimum atomic E-state index is -0.433. The van der Waals surface area contributed by atoms with Crippen molar-refractivity contribution in [2.45, 2.75) is 25.4 Å². The van der Waals surface area contributed by atoms with Gasteiger partial charge >= 0.3 is 0 Å². The highest BCUT2D eigenvalue weighted by molar-refractivity contribution is 7.15. The van der Waals surface area contributed by atoms with Crippen LogP contribution in [0.25, 0.3) is 0 Å². The molecule has 0 radical (unpaired) electrons. The average molecular weight is 425 g/mol. The van der Waals surface area contributed by atoms with Gasteiger partial charge in [0.2, 0.25) is 0 Å². The van der Waals surface area contributed by atoms with Crippen LogP contribution in [0.15, 0.2) is 54.7 Å². The molecule has 0 aliphatic carbocycles. The van der Waals surface area contributed by atoms with Crippen LogP contribution in [0.2, 0.25) is 0 Å². The average Bonchev–Trinajstić information content (AvgIpc) is 3.42. The second-order valence-electron chi connectivity index (χ2n) is 6.96. The first-order valence-corrected chi connectivity index (χ1v) is 10.4. The van der Waals surface area contributed by atoms with E-state index in [9.17, 15) is 14.0 Å². The molecule has 3 aromatic rings. The first kappa shape index (κ1) is 20.2. The molecule has 2 N–H and O–H groups in total. The van der Waals surface area contributed by atoms with Crippen molar-refractivity contribution in [2.24, 2.45) is 0 Å². The molecular formula is C22H20FN3O3S. The summed E-state index contributed by atoms with van der Waals surface area (Å²) in [4.78, 5) is 30.0. The van der Waals surface area contributed by atoms with Crippen molar-refractivity contribution in [3.63, 3.8) is 0 Å². The lowest BCUT2D eigenvalue weighted by Crippen LogP contribution is -2.27. The van der Waals surface area contributed by atoms with Crippen molar-refractivity contribution in [3.8, 4) is 0 Å². The SMILES string of the molecule is O=C(Nc1ncc(Cc2ccc(F)cc2)s1)c1cccc(NC(=O)C2CCCO2)c1. The van der Waals surface area contributed by atoms with Crippen molar-refractivity contribution in [3.05, 3.63) is 76.5 Å². The second kappa shape index (κ2) is 9.15. The molecule has 2 heterocycles. The summed E-state index contributed by atoms with van der Waals surface area (Å²) in [7, 11) is 0. The van der Waals surface area contributed by atoms with Crippen LogP contribution < -0.4 is 10.6 Å². The first-order valence-electron chi connectivity index (χ1n) is 9.60. The normalized spacial score (nSPS) is 15.7. The lowest BCUT2D eigenvalue weighted by atomic mass is 10.1. The third-order valence-corrected chi connectivity index (χ3v) is 5.59. The van der Waals surface area contributed by atoms with Crippen LogP contribution in [-0.2, 0) is 16.0 Å². The molecule has 4 rings (SSSR count). The summed E-state index contributed by atoms with van der Waals surface area (Å²) in [5, 5.41) is 6.05. The van der Waals surface area contributed by atoms with Gasteiger partial charge in [-0.15, -0.1) is 11.3 Å². The van der Waals surface area contributed by atoms with Crippen LogP contribution in [0, 0.1) is 5.82 Å². The Balaban J connectivity index is 1.37. The number of amides is 2. The summed E-state index contributed by atoms with van der Waals surface area (Å²) >= 11 is 1.36. The summed E-state index contributed by atoms with van der Waals surface area (Å²) in [6.45, 7) is 0.595. The number of carbonyl (C=O) groups is 2. The Morgan fingerprint density at radius 3 is 2.77 bits per heavy atom. The highest BCUT2D eigenvalue weighted by Crippen LogP contribution is 2.23. The number of aromatic nitrogens is 1. The van der Waals surface area contributed by atoms with Crippen LogP contribution in [0.4, 0.5) is 15.2 Å². The zero-order valence-electron chi connectivity index (χ0n) is 16.1. The van der Waals surface area contributed by atoms with Gasteiger partial charge in [-0.25, -0.2) is 9.37 Å². The van der Waals surface area contributed by atoms with Crippen LogP contribution in [-0.4, -0.2) is 29.5 Å². The zero-order valence-corrected chi connectivity index (χ0v) is 16.9. The largest absolute Gasteiger partial charge is 0.368 e. The maximum Gasteiger partial charge on any atom is 0.257 e. The molecule has 1 atom stereocenters. The Labute approximate surface area is 177 Å². The number of benzene rings is 2. The van der Waals surface area contributed by atoms with E-state index in [1.165, 1.54) is 23.5 Å². The number of anilines is 2. The molecule has 1 aromatic heterocycles. The molecule has 2 aromatic carbocycles. The smallest absolute Gasteiger partial charge is 0.257 e. The van der Waals surface area contributed by atoms with Crippen molar-refractivity contribution in [1.29, 1.82) is 0 Å². The van der Waals surface area contributed by atoms with Crippen molar-refractivity contribution < 1.29 is 18.7 Å². The Hall–Kier alpha value is -3.10. The maximum atomic E-state index is 13.0. The molecule has 1 aliphatic heterocycles. The van der Waals surface area contributed by atoms with E-state index in [-0.39, 0.29) is 17.6 Å². The third-order valence-electron chi connectivity index (χ3n) is 4.68. The van der Waals surface area contributed by atoms with E-state index >= 15 is 0 Å². The number of hydrogen-bond donors (Lipinski definition) is 2. The molecule has 1 aliphatic rings. The number of nitrogens with zero attached hydrogens (tertiary/aromatic N) is 1. The molecule has 0 spiro atoms. The molecule has 0 saturated carbocycles. The molecule has 8 heteroatoms. The monoisotopic (exact) mass is 425 g/mol. The van der Waals surface area contributed by atoms with Crippen LogP contribution in [0.3, 0.4) is 0 Å². The van der Waals surface area contributed by atoms with Crippen molar-refractivity contribution >= 4 is 34.0 Å². The van der Waals surface area contributed by atoms with Gasteiger partial charge in [0.05, 0.1) is 0 Å². The van der Waals surface area contributed by atoms with Gasteiger partial charge in [-0.1, -0.05) is 18.2 Å². The molecule has 154 valence electrons. The fourth-order valence-corrected chi connectivity index (χ4v) is 4.01. The fraction of sp³-hybridized carbons (Fsp3) is 0.227. The topological polar surface area (TPSA) is 80.3 Å². The van der Waals surface area contributed by atoms with Gasteiger partial charge in [0.25, 0.3) is 11.8 Å². The highest BCUT2D eigenvalue weighted by Gasteiger charge is 2.23. The Morgan fingerprint density at radius 2 is 2.00 bits per heavy atom. The predicted octanol–water partition coefficient (Wildman–Crippen LogP) is 4.24. The summed E-state index contributed by atoms with van der Waals surface area (Å²) in [5.41, 5.74) is 1.92. The van der Waals surface area contributed by atoms with Crippen LogP contribution in [0.5, 0.6) is 0 Å². The van der Waals surface area contributed by atoms with E-state index in [1.807, 2.05) is 0 Å². The molecule has 1 unspecified atom stereocenters. The Morgan fingerprint density at radius 1 is 1.17 bits per heavy atom. The quantitative estimate of drug-likeness (QED) is 0.619. The second-order valence-corrected chi connectivity index (χ2v) is 8.08. The first-order chi connectivity index (χ1) is 14.6. The lowest BCUT2D eigenvalue weighted by Gasteiger charge is -2.11. The number of thiazole rings is 1. The van der Waals surface area contributed by atoms with E-state index in [4.69, 9.17) is 4.74 Å². The number of rotatable bonds is 6. The lowest BCUT2D eigenvalue weighted by molar-refractivity contribution is -0.124. The zero-order chi connectivity index (χ0) is 20.9. The molecule has 0 bridgehead atoms. The minimum absolute atomic E-state index is 0.199. The Bertz CT molecular complexity index is 1050. The van der Waals surface area contributed by atoms with Gasteiger partial charge in [0, 0.05) is 35.4 Å². The molecule has 30 heavy (non-hydrogen) atoms. The molecule has 1 fully saturated rings. The number of ether oxygens (including phenoxy) is 1. The summed E-state index contributed by atoms with van der Waals surface area (Å²) in [5.74, 6) is -0.786. The van der Waals surface area contributed by atoms with Crippen LogP contribution in [0.1, 0.15) is 33.6 Å². The maximum absolute atomic E-state index is 13.0. The van der Waals surface area contributed by atoms with E-state index < -0.39 is 6.10 Å². The third kappa shape index (κ3) is 5.08. The van der Waals surface area contributed by atoms with E-state index in [2.05, 4.69) is 15.6 Å². The van der Waals surface area contributed by atoms with Gasteiger partial charge < -0.3 is 10.1 Å². The van der Waals surface area contributed by atoms with Gasteiger partial charge in [0.15, 0.2) is 5.13 Å². The van der Waals surface area contributed by atoms with E-state index in [0.717, 1.165) is 16.9 Å². The summed E-state index contributed by atoms with van der Waals surface area (Å²) in [6.07, 6.45) is 3.45. The van der Waals surface area contributed by atoms with E-state index in [0.29, 0.717) is 35.8 Å². The molecule has 1 saturated heterocycles. The minimum Gasteiger partial charge on any atom is -0.368 e. The van der Waals surface area contributed by atoms with Gasteiger partial charge in [-0.05, 0) is 48.7 Å². The molecule has 2 amide bonds. The predicted molar refractivity (Wildman–Crippen MR) is 113 cm³/mol. The fourth-order valence-electron chi connectivity index (χ4n) is 3.17. The van der Waals surface area contributed by atoms with Crippen molar-refractivity contribution in [2.75, 3.05) is 17.2 Å². The molecular weight excluding hydrogens is 405 g/mol. The number of halogens is 1. The standard InChI is InChI=1S/C22H20FN3O3S/c23-16-8-6-14(7-9-16)11-18-13-24-22(30-18)26-20(27)15-3-1-4-17(12-15)25-21(28)19-5-2-10-29-19/h1,3-4,6-9,12-13,19H,2,5,10-11H2,(H,25,28)(H,24,26,27). The number of hydrogen-bond acceptors (Lipinski definition) is 5. The van der Waals surface area contributed by atoms with Crippen molar-refractivity contribution in [1.82, 2.24) is 4.98 Å². The van der Waals surface area contributed by atoms with Gasteiger partial charge in [0.1, 0.15) is 11.9 Å². The number of nitrogens with one attached hydrogen (secondary N) is 2. The Kier molecular flexibility index (Phi) is 6.15. The summed E-state index contributed by atoms with van der Waals surface area (Å²) in [6, 6.07) is 13.0. The van der Waals surface area contributed by atoms with Gasteiger partial charge in [-0.2, -0.15) is 0 Å². The highest BCUT2D eigenvalue weighted by atomic mass is 32.1. The van der Waals surface area contributed by atoms with Crippen LogP contribution >= 0.6 is 11.3 Å². The molecule has 6 nitrogen and oxygen atoms in total. The van der Waals surface area contributed by atoms with Gasteiger partial charge in [-0.3, -0.25) is 14.9 Å².